The summed E-state index contributed by atoms with van der Waals surface area (Å²) in [6.07, 6.45) is 0.727. The van der Waals surface area contributed by atoms with Crippen LogP contribution in [0.25, 0.3) is 0 Å². The summed E-state index contributed by atoms with van der Waals surface area (Å²) in [4.78, 5) is 14.6. The van der Waals surface area contributed by atoms with Crippen LogP contribution in [0.15, 0.2) is 36.5 Å². The van der Waals surface area contributed by atoms with Crippen LogP contribution < -0.4 is 4.74 Å². The molecule has 0 amide bonds. The van der Waals surface area contributed by atoms with Gasteiger partial charge in [-0.25, -0.2) is 0 Å². The van der Waals surface area contributed by atoms with Gasteiger partial charge >= 0.3 is 5.69 Å². The normalized spacial score (nSPS) is 11.9. The fourth-order valence-electron chi connectivity index (χ4n) is 1.66. The van der Waals surface area contributed by atoms with Crippen LogP contribution >= 0.6 is 0 Å². The van der Waals surface area contributed by atoms with Crippen LogP contribution in [-0.4, -0.2) is 15.0 Å². The molecule has 1 heterocycles. The number of nitro benzene ring substituents is 1. The molecular formula is C14H14N2O4. The number of pyridine rings is 1. The molecule has 0 aliphatic rings. The molecule has 0 bridgehead atoms. The molecule has 1 aromatic carbocycles. The maximum absolute atomic E-state index is 11.1. The zero-order chi connectivity index (χ0) is 14.7. The second-order valence-electron chi connectivity index (χ2n) is 4.40. The number of nitro groups is 1. The van der Waals surface area contributed by atoms with E-state index in [0.29, 0.717) is 11.3 Å². The van der Waals surface area contributed by atoms with E-state index in [0.717, 1.165) is 5.69 Å². The van der Waals surface area contributed by atoms with Gasteiger partial charge in [0.05, 0.1) is 17.2 Å². The van der Waals surface area contributed by atoms with Crippen molar-refractivity contribution >= 4 is 5.69 Å². The molecule has 1 atom stereocenters. The minimum Gasteiger partial charge on any atom is -0.449 e. The minimum atomic E-state index is -0.774. The number of nitrogens with zero attached hydrogens (tertiary/aromatic N) is 2. The highest BCUT2D eigenvalue weighted by molar-refractivity contribution is 5.50. The molecular weight excluding hydrogens is 260 g/mol. The molecule has 1 N–H and O–H groups in total. The Morgan fingerprint density at radius 2 is 2.10 bits per heavy atom. The van der Waals surface area contributed by atoms with E-state index in [2.05, 4.69) is 4.98 Å². The van der Waals surface area contributed by atoms with Crippen molar-refractivity contribution in [3.63, 3.8) is 0 Å². The molecule has 0 radical (unpaired) electrons. The van der Waals surface area contributed by atoms with Crippen molar-refractivity contribution in [1.82, 2.24) is 4.98 Å². The van der Waals surface area contributed by atoms with Crippen molar-refractivity contribution in [2.75, 3.05) is 0 Å². The third kappa shape index (κ3) is 3.10. The highest BCUT2D eigenvalue weighted by Gasteiger charge is 2.18. The summed E-state index contributed by atoms with van der Waals surface area (Å²) in [5.74, 6) is 0.536. The smallest absolute Gasteiger partial charge is 0.311 e. The van der Waals surface area contributed by atoms with E-state index >= 15 is 0 Å². The summed E-state index contributed by atoms with van der Waals surface area (Å²) < 4.78 is 5.47. The lowest BCUT2D eigenvalue weighted by Gasteiger charge is -2.09. The molecule has 0 fully saturated rings. The summed E-state index contributed by atoms with van der Waals surface area (Å²) in [7, 11) is 0. The van der Waals surface area contributed by atoms with E-state index in [-0.39, 0.29) is 11.4 Å². The van der Waals surface area contributed by atoms with Gasteiger partial charge in [0.25, 0.3) is 0 Å². The van der Waals surface area contributed by atoms with Crippen LogP contribution in [0.1, 0.15) is 24.3 Å². The number of aromatic nitrogens is 1. The van der Waals surface area contributed by atoms with Gasteiger partial charge in [-0.3, -0.25) is 15.1 Å². The maximum atomic E-state index is 11.1. The van der Waals surface area contributed by atoms with Crippen molar-refractivity contribution in [2.24, 2.45) is 0 Å². The van der Waals surface area contributed by atoms with Gasteiger partial charge in [-0.15, -0.1) is 0 Å². The first-order valence-corrected chi connectivity index (χ1v) is 6.04. The Balaban J connectivity index is 2.35. The summed E-state index contributed by atoms with van der Waals surface area (Å²) in [5, 5.41) is 20.5. The lowest BCUT2D eigenvalue weighted by Crippen LogP contribution is -1.97. The van der Waals surface area contributed by atoms with Gasteiger partial charge in [0.1, 0.15) is 5.75 Å². The largest absolute Gasteiger partial charge is 0.449 e. The Morgan fingerprint density at radius 1 is 1.35 bits per heavy atom. The Morgan fingerprint density at radius 3 is 2.65 bits per heavy atom. The van der Waals surface area contributed by atoms with Gasteiger partial charge in [0, 0.05) is 11.8 Å². The number of hydrogen-bond acceptors (Lipinski definition) is 5. The molecule has 1 aromatic heterocycles. The average Bonchev–Trinajstić information content (AvgIpc) is 2.41. The van der Waals surface area contributed by atoms with Crippen LogP contribution in [0.2, 0.25) is 0 Å². The van der Waals surface area contributed by atoms with Crippen LogP contribution in [0.3, 0.4) is 0 Å². The van der Waals surface area contributed by atoms with Crippen LogP contribution in [0.4, 0.5) is 5.69 Å². The summed E-state index contributed by atoms with van der Waals surface area (Å²) >= 11 is 0. The molecule has 0 unspecified atom stereocenters. The SMILES string of the molecule is Cc1ccc(Oc2ccc([C@H](C)O)cc2[N+](=O)[O-])cn1. The van der Waals surface area contributed by atoms with Gasteiger partial charge in [-0.1, -0.05) is 6.07 Å². The number of rotatable bonds is 4. The summed E-state index contributed by atoms with van der Waals surface area (Å²) in [6.45, 7) is 3.38. The predicted octanol–water partition coefficient (Wildman–Crippen LogP) is 3.14. The molecule has 0 aliphatic heterocycles. The van der Waals surface area contributed by atoms with Gasteiger partial charge in [-0.2, -0.15) is 0 Å². The molecule has 0 aliphatic carbocycles. The lowest BCUT2D eigenvalue weighted by molar-refractivity contribution is -0.385. The predicted molar refractivity (Wildman–Crippen MR) is 72.8 cm³/mol. The first-order chi connectivity index (χ1) is 9.47. The molecule has 2 aromatic rings. The Labute approximate surface area is 115 Å². The van der Waals surface area contributed by atoms with E-state index in [1.807, 2.05) is 6.92 Å². The molecule has 6 heteroatoms. The van der Waals surface area contributed by atoms with Crippen molar-refractivity contribution in [3.05, 3.63) is 57.9 Å². The Hall–Kier alpha value is -2.47. The van der Waals surface area contributed by atoms with E-state index in [9.17, 15) is 15.2 Å². The number of aryl methyl sites for hydroxylation is 1. The van der Waals surface area contributed by atoms with Gasteiger partial charge in [0.15, 0.2) is 0 Å². The molecule has 20 heavy (non-hydrogen) atoms. The summed E-state index contributed by atoms with van der Waals surface area (Å²) in [5.41, 5.74) is 1.10. The quantitative estimate of drug-likeness (QED) is 0.683. The number of aliphatic hydroxyl groups excluding tert-OH is 1. The van der Waals surface area contributed by atoms with E-state index < -0.39 is 11.0 Å². The Bertz CT molecular complexity index is 624. The third-order valence-electron chi connectivity index (χ3n) is 2.77. The minimum absolute atomic E-state index is 0.116. The van der Waals surface area contributed by atoms with Gasteiger partial charge in [0.2, 0.25) is 5.75 Å². The maximum Gasteiger partial charge on any atom is 0.311 e. The highest BCUT2D eigenvalue weighted by atomic mass is 16.6. The van der Waals surface area contributed by atoms with Crippen LogP contribution in [0.5, 0.6) is 11.5 Å². The average molecular weight is 274 g/mol. The number of aliphatic hydroxyl groups is 1. The standard InChI is InChI=1S/C14H14N2O4/c1-9-3-5-12(8-15-9)20-14-6-4-11(10(2)17)7-13(14)16(18)19/h3-8,10,17H,1-2H3/t10-/m0/s1. The van der Waals surface area contributed by atoms with Gasteiger partial charge < -0.3 is 9.84 Å². The molecule has 6 nitrogen and oxygen atoms in total. The van der Waals surface area contributed by atoms with Crippen LogP contribution in [-0.2, 0) is 0 Å². The summed E-state index contributed by atoms with van der Waals surface area (Å²) in [6, 6.07) is 7.82. The molecule has 0 spiro atoms. The van der Waals surface area contributed by atoms with Crippen molar-refractivity contribution < 1.29 is 14.8 Å². The van der Waals surface area contributed by atoms with E-state index in [4.69, 9.17) is 4.74 Å². The van der Waals surface area contributed by atoms with Crippen LogP contribution in [0, 0.1) is 17.0 Å². The highest BCUT2D eigenvalue weighted by Crippen LogP contribution is 2.33. The third-order valence-corrected chi connectivity index (χ3v) is 2.77. The number of hydrogen-bond donors (Lipinski definition) is 1. The molecule has 104 valence electrons. The fraction of sp³-hybridized carbons (Fsp3) is 0.214. The monoisotopic (exact) mass is 274 g/mol. The fourth-order valence-corrected chi connectivity index (χ4v) is 1.66. The lowest BCUT2D eigenvalue weighted by atomic mass is 10.1. The van der Waals surface area contributed by atoms with E-state index in [1.54, 1.807) is 25.1 Å². The van der Waals surface area contributed by atoms with E-state index in [1.165, 1.54) is 18.3 Å². The van der Waals surface area contributed by atoms with Gasteiger partial charge in [-0.05, 0) is 37.6 Å². The zero-order valence-corrected chi connectivity index (χ0v) is 11.1. The van der Waals surface area contributed by atoms with Crippen molar-refractivity contribution in [1.29, 1.82) is 0 Å². The topological polar surface area (TPSA) is 85.5 Å². The van der Waals surface area contributed by atoms with Crippen molar-refractivity contribution in [2.45, 2.75) is 20.0 Å². The Kier molecular flexibility index (Phi) is 3.95. The first kappa shape index (κ1) is 14.0. The zero-order valence-electron chi connectivity index (χ0n) is 11.1. The molecule has 2 rings (SSSR count). The molecule has 0 saturated carbocycles. The second kappa shape index (κ2) is 5.66. The second-order valence-corrected chi connectivity index (χ2v) is 4.40. The first-order valence-electron chi connectivity index (χ1n) is 6.04. The number of ether oxygens (including phenoxy) is 1. The number of benzene rings is 1. The van der Waals surface area contributed by atoms with Crippen molar-refractivity contribution in [3.8, 4) is 11.5 Å². The molecule has 0 saturated heterocycles.